The molecule has 0 atom stereocenters. The molecule has 1 aromatic carbocycles. The standard InChI is InChI=1S/C14H19N3/c1-11-6-4-5-7-13(11)14-10-17(9-8-15-3)16-12(14)2/h4-7,10,15H,8-9H2,1-3H3. The molecule has 0 amide bonds. The first-order chi connectivity index (χ1) is 8.22. The number of likely N-dealkylation sites (N-methyl/N-ethyl adjacent to an activating group) is 1. The Morgan fingerprint density at radius 1 is 1.18 bits per heavy atom. The highest BCUT2D eigenvalue weighted by Gasteiger charge is 2.08. The fourth-order valence-electron chi connectivity index (χ4n) is 2.00. The minimum atomic E-state index is 0.906. The van der Waals surface area contributed by atoms with Crippen LogP contribution in [0.4, 0.5) is 0 Å². The van der Waals surface area contributed by atoms with Gasteiger partial charge in [-0.3, -0.25) is 4.68 Å². The van der Waals surface area contributed by atoms with Gasteiger partial charge in [-0.05, 0) is 32.0 Å². The molecule has 0 aliphatic rings. The molecule has 2 rings (SSSR count). The molecular weight excluding hydrogens is 210 g/mol. The molecule has 0 aliphatic carbocycles. The molecule has 0 saturated heterocycles. The lowest BCUT2D eigenvalue weighted by Crippen LogP contribution is -2.15. The first kappa shape index (κ1) is 11.9. The van der Waals surface area contributed by atoms with Crippen molar-refractivity contribution in [3.05, 3.63) is 41.7 Å². The molecule has 0 fully saturated rings. The van der Waals surface area contributed by atoms with Crippen molar-refractivity contribution in [2.45, 2.75) is 20.4 Å². The smallest absolute Gasteiger partial charge is 0.0672 e. The molecule has 90 valence electrons. The van der Waals surface area contributed by atoms with E-state index >= 15 is 0 Å². The average molecular weight is 229 g/mol. The minimum Gasteiger partial charge on any atom is -0.318 e. The molecule has 0 spiro atoms. The maximum Gasteiger partial charge on any atom is 0.0672 e. The Bertz CT molecular complexity index is 500. The Balaban J connectivity index is 2.33. The normalized spacial score (nSPS) is 10.8. The second kappa shape index (κ2) is 5.15. The van der Waals surface area contributed by atoms with Crippen molar-refractivity contribution in [2.75, 3.05) is 13.6 Å². The molecule has 0 aliphatic heterocycles. The number of benzene rings is 1. The second-order valence-corrected chi connectivity index (χ2v) is 4.31. The Hall–Kier alpha value is -1.61. The van der Waals surface area contributed by atoms with Gasteiger partial charge in [0.15, 0.2) is 0 Å². The summed E-state index contributed by atoms with van der Waals surface area (Å²) in [5, 5.41) is 7.68. The first-order valence-electron chi connectivity index (χ1n) is 5.97. The summed E-state index contributed by atoms with van der Waals surface area (Å²) in [7, 11) is 1.96. The maximum atomic E-state index is 4.54. The van der Waals surface area contributed by atoms with Gasteiger partial charge in [-0.15, -0.1) is 0 Å². The summed E-state index contributed by atoms with van der Waals surface area (Å²) in [5.74, 6) is 0. The highest BCUT2D eigenvalue weighted by molar-refractivity contribution is 5.68. The highest BCUT2D eigenvalue weighted by Crippen LogP contribution is 2.25. The number of hydrogen-bond donors (Lipinski definition) is 1. The lowest BCUT2D eigenvalue weighted by atomic mass is 10.0. The summed E-state index contributed by atoms with van der Waals surface area (Å²) in [4.78, 5) is 0. The van der Waals surface area contributed by atoms with E-state index in [4.69, 9.17) is 0 Å². The molecule has 0 saturated carbocycles. The lowest BCUT2D eigenvalue weighted by molar-refractivity contribution is 0.581. The van der Waals surface area contributed by atoms with Crippen molar-refractivity contribution in [1.82, 2.24) is 15.1 Å². The minimum absolute atomic E-state index is 0.906. The van der Waals surface area contributed by atoms with Crippen LogP contribution in [0.2, 0.25) is 0 Å². The molecule has 1 heterocycles. The number of hydrogen-bond acceptors (Lipinski definition) is 2. The third-order valence-corrected chi connectivity index (χ3v) is 2.97. The van der Waals surface area contributed by atoms with Crippen LogP contribution < -0.4 is 5.32 Å². The quantitative estimate of drug-likeness (QED) is 0.872. The van der Waals surface area contributed by atoms with Gasteiger partial charge < -0.3 is 5.32 Å². The zero-order valence-corrected chi connectivity index (χ0v) is 10.7. The number of nitrogens with one attached hydrogen (secondary N) is 1. The number of aromatic nitrogens is 2. The molecule has 1 aromatic heterocycles. The van der Waals surface area contributed by atoms with Crippen molar-refractivity contribution in [3.63, 3.8) is 0 Å². The van der Waals surface area contributed by atoms with E-state index in [9.17, 15) is 0 Å². The zero-order chi connectivity index (χ0) is 12.3. The molecule has 17 heavy (non-hydrogen) atoms. The Morgan fingerprint density at radius 3 is 2.65 bits per heavy atom. The van der Waals surface area contributed by atoms with Gasteiger partial charge in [0, 0.05) is 18.3 Å². The van der Waals surface area contributed by atoms with E-state index in [0.29, 0.717) is 0 Å². The molecule has 0 unspecified atom stereocenters. The van der Waals surface area contributed by atoms with Crippen molar-refractivity contribution in [1.29, 1.82) is 0 Å². The van der Waals surface area contributed by atoms with Crippen LogP contribution in [-0.2, 0) is 6.54 Å². The van der Waals surface area contributed by atoms with Crippen molar-refractivity contribution in [2.24, 2.45) is 0 Å². The highest BCUT2D eigenvalue weighted by atomic mass is 15.3. The van der Waals surface area contributed by atoms with Crippen LogP contribution in [-0.4, -0.2) is 23.4 Å². The number of nitrogens with zero attached hydrogens (tertiary/aromatic N) is 2. The van der Waals surface area contributed by atoms with Gasteiger partial charge in [0.1, 0.15) is 0 Å². The zero-order valence-electron chi connectivity index (χ0n) is 10.7. The van der Waals surface area contributed by atoms with E-state index in [2.05, 4.69) is 54.7 Å². The summed E-state index contributed by atoms with van der Waals surface area (Å²) in [6.07, 6.45) is 2.13. The summed E-state index contributed by atoms with van der Waals surface area (Å²) in [6.45, 7) is 6.05. The summed E-state index contributed by atoms with van der Waals surface area (Å²) >= 11 is 0. The van der Waals surface area contributed by atoms with Crippen molar-refractivity contribution >= 4 is 0 Å². The topological polar surface area (TPSA) is 29.9 Å². The average Bonchev–Trinajstić information content (AvgIpc) is 2.68. The van der Waals surface area contributed by atoms with Gasteiger partial charge in [0.25, 0.3) is 0 Å². The monoisotopic (exact) mass is 229 g/mol. The van der Waals surface area contributed by atoms with Crippen LogP contribution in [0.15, 0.2) is 30.5 Å². The van der Waals surface area contributed by atoms with Gasteiger partial charge in [-0.2, -0.15) is 5.10 Å². The summed E-state index contributed by atoms with van der Waals surface area (Å²) < 4.78 is 2.01. The van der Waals surface area contributed by atoms with Crippen LogP contribution in [0.3, 0.4) is 0 Å². The van der Waals surface area contributed by atoms with E-state index in [1.165, 1.54) is 16.7 Å². The maximum absolute atomic E-state index is 4.54. The van der Waals surface area contributed by atoms with Gasteiger partial charge >= 0.3 is 0 Å². The number of aryl methyl sites for hydroxylation is 2. The van der Waals surface area contributed by atoms with Crippen LogP contribution in [0.25, 0.3) is 11.1 Å². The van der Waals surface area contributed by atoms with E-state index in [-0.39, 0.29) is 0 Å². The third-order valence-electron chi connectivity index (χ3n) is 2.97. The van der Waals surface area contributed by atoms with Gasteiger partial charge in [0.2, 0.25) is 0 Å². The molecule has 2 aromatic rings. The Kier molecular flexibility index (Phi) is 3.59. The Labute approximate surface area is 102 Å². The molecule has 0 bridgehead atoms. The molecular formula is C14H19N3. The second-order valence-electron chi connectivity index (χ2n) is 4.31. The van der Waals surface area contributed by atoms with Gasteiger partial charge in [-0.25, -0.2) is 0 Å². The Morgan fingerprint density at radius 2 is 1.94 bits per heavy atom. The number of rotatable bonds is 4. The fourth-order valence-corrected chi connectivity index (χ4v) is 2.00. The van der Waals surface area contributed by atoms with E-state index < -0.39 is 0 Å². The van der Waals surface area contributed by atoms with Crippen molar-refractivity contribution < 1.29 is 0 Å². The predicted octanol–water partition coefficient (Wildman–Crippen LogP) is 2.39. The third kappa shape index (κ3) is 2.56. The lowest BCUT2D eigenvalue weighted by Gasteiger charge is -2.03. The van der Waals surface area contributed by atoms with Gasteiger partial charge in [0.05, 0.1) is 12.2 Å². The van der Waals surface area contributed by atoms with Crippen LogP contribution in [0.5, 0.6) is 0 Å². The van der Waals surface area contributed by atoms with Crippen LogP contribution >= 0.6 is 0 Å². The largest absolute Gasteiger partial charge is 0.318 e. The molecule has 3 heteroatoms. The molecule has 0 radical (unpaired) electrons. The van der Waals surface area contributed by atoms with E-state index in [1.54, 1.807) is 0 Å². The molecule has 3 nitrogen and oxygen atoms in total. The molecule has 1 N–H and O–H groups in total. The fraction of sp³-hybridized carbons (Fsp3) is 0.357. The van der Waals surface area contributed by atoms with E-state index in [1.807, 2.05) is 11.7 Å². The van der Waals surface area contributed by atoms with Crippen LogP contribution in [0.1, 0.15) is 11.3 Å². The first-order valence-corrected chi connectivity index (χ1v) is 5.97. The summed E-state index contributed by atoms with van der Waals surface area (Å²) in [6, 6.07) is 8.44. The van der Waals surface area contributed by atoms with Crippen molar-refractivity contribution in [3.8, 4) is 11.1 Å². The van der Waals surface area contributed by atoms with Crippen LogP contribution in [0, 0.1) is 13.8 Å². The summed E-state index contributed by atoms with van der Waals surface area (Å²) in [5.41, 5.74) is 4.90. The predicted molar refractivity (Wildman–Crippen MR) is 71.1 cm³/mol. The SMILES string of the molecule is CNCCn1cc(-c2ccccc2C)c(C)n1. The van der Waals surface area contributed by atoms with E-state index in [0.717, 1.165) is 18.8 Å². The van der Waals surface area contributed by atoms with Gasteiger partial charge in [-0.1, -0.05) is 24.3 Å².